The zero-order chi connectivity index (χ0) is 11.9. The minimum atomic E-state index is 0.0210. The molecule has 2 rings (SSSR count). The molecule has 0 aliphatic carbocycles. The second-order valence-corrected chi connectivity index (χ2v) is 4.65. The van der Waals surface area contributed by atoms with E-state index in [1.807, 2.05) is 25.1 Å². The molecule has 3 nitrogen and oxygen atoms in total. The quantitative estimate of drug-likeness (QED) is 0.805. The Kier molecular flexibility index (Phi) is 2.76. The number of ether oxygens (including phenoxy) is 1. The van der Waals surface area contributed by atoms with E-state index < -0.39 is 0 Å². The Morgan fingerprint density at radius 3 is 2.62 bits per heavy atom. The molecule has 0 aliphatic rings. The third-order valence-electron chi connectivity index (χ3n) is 2.67. The Morgan fingerprint density at radius 2 is 2.00 bits per heavy atom. The molecule has 4 heteroatoms. The van der Waals surface area contributed by atoms with Gasteiger partial charge in [-0.2, -0.15) is 0 Å². The molecule has 1 aromatic heterocycles. The third kappa shape index (κ3) is 1.63. The van der Waals surface area contributed by atoms with Gasteiger partial charge in [-0.15, -0.1) is 0 Å². The Labute approximate surface area is 102 Å². The number of hydrogen-bond donors (Lipinski definition) is 0. The summed E-state index contributed by atoms with van der Waals surface area (Å²) in [4.78, 5) is 11.8. The molecule has 0 atom stereocenters. The highest BCUT2D eigenvalue weighted by atomic mass is 79.9. The minimum Gasteiger partial charge on any atom is -0.496 e. The van der Waals surface area contributed by atoms with E-state index in [2.05, 4.69) is 15.9 Å². The highest BCUT2D eigenvalue weighted by molar-refractivity contribution is 9.10. The number of rotatable bonds is 1. The van der Waals surface area contributed by atoms with E-state index in [0.29, 0.717) is 0 Å². The molecule has 0 spiro atoms. The number of aryl methyl sites for hydroxylation is 2. The summed E-state index contributed by atoms with van der Waals surface area (Å²) in [7, 11) is 3.39. The van der Waals surface area contributed by atoms with Crippen LogP contribution in [0.3, 0.4) is 0 Å². The molecule has 0 fully saturated rings. The molecule has 0 unspecified atom stereocenters. The van der Waals surface area contributed by atoms with Crippen LogP contribution in [0.15, 0.2) is 27.5 Å². The van der Waals surface area contributed by atoms with E-state index in [1.54, 1.807) is 18.7 Å². The fourth-order valence-electron chi connectivity index (χ4n) is 1.82. The topological polar surface area (TPSA) is 31.2 Å². The normalized spacial score (nSPS) is 10.8. The van der Waals surface area contributed by atoms with Crippen LogP contribution >= 0.6 is 15.9 Å². The molecule has 16 heavy (non-hydrogen) atoms. The smallest absolute Gasteiger partial charge is 0.253 e. The predicted molar refractivity (Wildman–Crippen MR) is 68.2 cm³/mol. The molecule has 2 aromatic rings. The van der Waals surface area contributed by atoms with Crippen molar-refractivity contribution in [3.8, 4) is 5.75 Å². The second kappa shape index (κ2) is 3.94. The van der Waals surface area contributed by atoms with Crippen LogP contribution in [0, 0.1) is 6.92 Å². The Bertz CT molecular complexity index is 616. The highest BCUT2D eigenvalue weighted by Gasteiger charge is 2.08. The first kappa shape index (κ1) is 11.2. The maximum absolute atomic E-state index is 11.8. The number of nitrogens with zero attached hydrogens (tertiary/aromatic N) is 1. The Hall–Kier alpha value is -1.29. The van der Waals surface area contributed by atoms with Gasteiger partial charge in [0.05, 0.1) is 12.6 Å². The maximum atomic E-state index is 11.8. The van der Waals surface area contributed by atoms with Gasteiger partial charge in [-0.1, -0.05) is 15.9 Å². The number of halogens is 1. The first-order valence-corrected chi connectivity index (χ1v) is 5.67. The standard InChI is InChI=1S/C12H12BrNO2/c1-7-4-9-10(14(2)12(7)15)5-8(13)6-11(9)16-3/h4-6H,1-3H3. The summed E-state index contributed by atoms with van der Waals surface area (Å²) in [6, 6.07) is 5.67. The maximum Gasteiger partial charge on any atom is 0.253 e. The van der Waals surface area contributed by atoms with Crippen molar-refractivity contribution < 1.29 is 4.74 Å². The van der Waals surface area contributed by atoms with Crippen molar-refractivity contribution >= 4 is 26.8 Å². The average Bonchev–Trinajstić information content (AvgIpc) is 2.26. The fourth-order valence-corrected chi connectivity index (χ4v) is 2.25. The molecule has 0 aliphatic heterocycles. The van der Waals surface area contributed by atoms with Crippen molar-refractivity contribution in [1.82, 2.24) is 4.57 Å². The van der Waals surface area contributed by atoms with Crippen LogP contribution in [-0.2, 0) is 7.05 Å². The van der Waals surface area contributed by atoms with E-state index in [-0.39, 0.29) is 5.56 Å². The fraction of sp³-hybridized carbons (Fsp3) is 0.250. The van der Waals surface area contributed by atoms with Crippen LogP contribution in [0.25, 0.3) is 10.9 Å². The number of pyridine rings is 1. The second-order valence-electron chi connectivity index (χ2n) is 3.73. The summed E-state index contributed by atoms with van der Waals surface area (Å²) in [6.07, 6.45) is 0. The SMILES string of the molecule is COc1cc(Br)cc2c1cc(C)c(=O)n2C. The van der Waals surface area contributed by atoms with Crippen molar-refractivity contribution in [1.29, 1.82) is 0 Å². The molecule has 0 bridgehead atoms. The van der Waals surface area contributed by atoms with Crippen LogP contribution in [-0.4, -0.2) is 11.7 Å². The van der Waals surface area contributed by atoms with E-state index >= 15 is 0 Å². The van der Waals surface area contributed by atoms with Gasteiger partial charge in [0, 0.05) is 22.5 Å². The van der Waals surface area contributed by atoms with Gasteiger partial charge in [0.25, 0.3) is 5.56 Å². The summed E-state index contributed by atoms with van der Waals surface area (Å²) >= 11 is 3.41. The van der Waals surface area contributed by atoms with Crippen molar-refractivity contribution in [2.24, 2.45) is 7.05 Å². The summed E-state index contributed by atoms with van der Waals surface area (Å²) in [6.45, 7) is 1.81. The van der Waals surface area contributed by atoms with Gasteiger partial charge >= 0.3 is 0 Å². The molecule has 0 saturated carbocycles. The molecule has 1 heterocycles. The minimum absolute atomic E-state index is 0.0210. The number of methoxy groups -OCH3 is 1. The molecule has 0 amide bonds. The lowest BCUT2D eigenvalue weighted by atomic mass is 10.1. The van der Waals surface area contributed by atoms with Gasteiger partial charge in [0.15, 0.2) is 0 Å². The van der Waals surface area contributed by atoms with Gasteiger partial charge in [-0.25, -0.2) is 0 Å². The zero-order valence-electron chi connectivity index (χ0n) is 9.37. The van der Waals surface area contributed by atoms with Crippen molar-refractivity contribution in [2.45, 2.75) is 6.92 Å². The first-order chi connectivity index (χ1) is 7.54. The summed E-state index contributed by atoms with van der Waals surface area (Å²) in [5.41, 5.74) is 1.60. The number of benzene rings is 1. The lowest BCUT2D eigenvalue weighted by Gasteiger charge is -2.10. The molecule has 84 valence electrons. The molecule has 0 saturated heterocycles. The highest BCUT2D eigenvalue weighted by Crippen LogP contribution is 2.29. The summed E-state index contributed by atoms with van der Waals surface area (Å²) in [5, 5.41) is 0.949. The van der Waals surface area contributed by atoms with Crippen molar-refractivity contribution in [2.75, 3.05) is 7.11 Å². The predicted octanol–water partition coefficient (Wildman–Crippen LogP) is 2.62. The summed E-state index contributed by atoms with van der Waals surface area (Å²) < 4.78 is 7.85. The lowest BCUT2D eigenvalue weighted by molar-refractivity contribution is 0.419. The Balaban J connectivity index is 3.00. The van der Waals surface area contributed by atoms with Crippen LogP contribution in [0.1, 0.15) is 5.56 Å². The van der Waals surface area contributed by atoms with Crippen LogP contribution < -0.4 is 10.3 Å². The van der Waals surface area contributed by atoms with E-state index in [9.17, 15) is 4.79 Å². The van der Waals surface area contributed by atoms with Crippen LogP contribution in [0.2, 0.25) is 0 Å². The van der Waals surface area contributed by atoms with Gasteiger partial charge < -0.3 is 9.30 Å². The van der Waals surface area contributed by atoms with E-state index in [1.165, 1.54) is 0 Å². The molecule has 0 radical (unpaired) electrons. The third-order valence-corrected chi connectivity index (χ3v) is 3.13. The Morgan fingerprint density at radius 1 is 1.31 bits per heavy atom. The van der Waals surface area contributed by atoms with Crippen molar-refractivity contribution in [3.05, 3.63) is 38.6 Å². The summed E-state index contributed by atoms with van der Waals surface area (Å²) in [5.74, 6) is 0.767. The monoisotopic (exact) mass is 281 g/mol. The molecule has 0 N–H and O–H groups in total. The number of fused-ring (bicyclic) bond motifs is 1. The van der Waals surface area contributed by atoms with Gasteiger partial charge in [-0.3, -0.25) is 4.79 Å². The largest absolute Gasteiger partial charge is 0.496 e. The van der Waals surface area contributed by atoms with Crippen molar-refractivity contribution in [3.63, 3.8) is 0 Å². The number of hydrogen-bond acceptors (Lipinski definition) is 2. The lowest BCUT2D eigenvalue weighted by Crippen LogP contribution is -2.19. The molecule has 1 aromatic carbocycles. The van der Waals surface area contributed by atoms with E-state index in [0.717, 1.165) is 26.7 Å². The molecular formula is C12H12BrNO2. The molecular weight excluding hydrogens is 270 g/mol. The average molecular weight is 282 g/mol. The van der Waals surface area contributed by atoms with Crippen LogP contribution in [0.5, 0.6) is 5.75 Å². The zero-order valence-corrected chi connectivity index (χ0v) is 11.0. The van der Waals surface area contributed by atoms with Gasteiger partial charge in [-0.05, 0) is 25.1 Å². The first-order valence-electron chi connectivity index (χ1n) is 4.88. The van der Waals surface area contributed by atoms with E-state index in [4.69, 9.17) is 4.74 Å². The number of aromatic nitrogens is 1. The van der Waals surface area contributed by atoms with Gasteiger partial charge in [0.2, 0.25) is 0 Å². The van der Waals surface area contributed by atoms with Gasteiger partial charge in [0.1, 0.15) is 5.75 Å². The van der Waals surface area contributed by atoms with Crippen LogP contribution in [0.4, 0.5) is 0 Å².